The second-order valence-corrected chi connectivity index (χ2v) is 8.08. The Morgan fingerprint density at radius 3 is 2.74 bits per heavy atom. The van der Waals surface area contributed by atoms with Crippen molar-refractivity contribution in [2.24, 2.45) is 11.5 Å². The average molecular weight is 425 g/mol. The van der Waals surface area contributed by atoms with Gasteiger partial charge in [-0.05, 0) is 42.5 Å². The van der Waals surface area contributed by atoms with Gasteiger partial charge in [-0.3, -0.25) is 4.79 Å². The third-order valence-electron chi connectivity index (χ3n) is 5.94. The van der Waals surface area contributed by atoms with Crippen LogP contribution >= 0.6 is 0 Å². The summed E-state index contributed by atoms with van der Waals surface area (Å²) in [6.45, 7) is 0.796. The molecular formula is C21H27N7O3. The van der Waals surface area contributed by atoms with Gasteiger partial charge in [0.2, 0.25) is 5.95 Å². The van der Waals surface area contributed by atoms with Gasteiger partial charge in [-0.1, -0.05) is 18.9 Å². The highest BCUT2D eigenvalue weighted by atomic mass is 16.4. The van der Waals surface area contributed by atoms with Crippen LogP contribution in [0.2, 0.25) is 0 Å². The monoisotopic (exact) mass is 425 g/mol. The predicted octanol–water partition coefficient (Wildman–Crippen LogP) is 2.04. The van der Waals surface area contributed by atoms with Crippen molar-refractivity contribution in [2.75, 3.05) is 17.2 Å². The van der Waals surface area contributed by atoms with Crippen molar-refractivity contribution in [3.05, 3.63) is 41.1 Å². The van der Waals surface area contributed by atoms with Crippen LogP contribution < -0.4 is 22.1 Å². The molecule has 0 spiro atoms. The molecule has 0 unspecified atom stereocenters. The quantitative estimate of drug-likeness (QED) is 0.486. The van der Waals surface area contributed by atoms with Gasteiger partial charge in [0.25, 0.3) is 5.91 Å². The molecule has 7 N–H and O–H groups in total. The molecule has 0 bridgehead atoms. The molecule has 10 heteroatoms. The van der Waals surface area contributed by atoms with E-state index in [1.807, 2.05) is 18.2 Å². The number of primary amides is 1. The summed E-state index contributed by atoms with van der Waals surface area (Å²) in [6, 6.07) is 5.82. The number of carboxylic acid groups (broad SMARTS) is 1. The van der Waals surface area contributed by atoms with Gasteiger partial charge in [-0.2, -0.15) is 4.98 Å². The van der Waals surface area contributed by atoms with Gasteiger partial charge in [0.05, 0.1) is 0 Å². The smallest absolute Gasteiger partial charge is 0.407 e. The molecule has 2 amide bonds. The zero-order valence-electron chi connectivity index (χ0n) is 17.2. The minimum atomic E-state index is -0.938. The summed E-state index contributed by atoms with van der Waals surface area (Å²) in [5.74, 6) is 0.0310. The highest BCUT2D eigenvalue weighted by Gasteiger charge is 2.24. The van der Waals surface area contributed by atoms with E-state index < -0.39 is 12.0 Å². The summed E-state index contributed by atoms with van der Waals surface area (Å²) >= 11 is 0. The van der Waals surface area contributed by atoms with E-state index in [9.17, 15) is 14.7 Å². The molecule has 1 aliphatic carbocycles. The molecule has 2 aliphatic rings. The second kappa shape index (κ2) is 8.76. The lowest BCUT2D eigenvalue weighted by molar-refractivity contribution is 0.100. The van der Waals surface area contributed by atoms with Crippen LogP contribution in [0.4, 0.5) is 22.2 Å². The van der Waals surface area contributed by atoms with E-state index in [0.29, 0.717) is 37.0 Å². The summed E-state index contributed by atoms with van der Waals surface area (Å²) in [4.78, 5) is 33.3. The highest BCUT2D eigenvalue weighted by molar-refractivity contribution is 5.98. The first-order chi connectivity index (χ1) is 14.9. The van der Waals surface area contributed by atoms with Gasteiger partial charge in [-0.15, -0.1) is 0 Å². The van der Waals surface area contributed by atoms with Crippen LogP contribution in [0.3, 0.4) is 0 Å². The Morgan fingerprint density at radius 2 is 2.00 bits per heavy atom. The first-order valence-electron chi connectivity index (χ1n) is 10.5. The van der Waals surface area contributed by atoms with Crippen LogP contribution in [0.1, 0.15) is 47.2 Å². The van der Waals surface area contributed by atoms with Crippen LogP contribution in [0.15, 0.2) is 24.4 Å². The third-order valence-corrected chi connectivity index (χ3v) is 5.94. The maximum atomic E-state index is 11.9. The summed E-state index contributed by atoms with van der Waals surface area (Å²) in [5, 5.41) is 15.7. The Hall–Kier alpha value is -3.40. The maximum Gasteiger partial charge on any atom is 0.407 e. The molecule has 1 aromatic carbocycles. The molecule has 31 heavy (non-hydrogen) atoms. The molecule has 4 rings (SSSR count). The number of carbonyl (C=O) groups excluding carboxylic acids is 1. The fourth-order valence-electron chi connectivity index (χ4n) is 4.17. The number of benzene rings is 1. The zero-order valence-corrected chi connectivity index (χ0v) is 17.2. The van der Waals surface area contributed by atoms with Crippen LogP contribution in [0.25, 0.3) is 0 Å². The van der Waals surface area contributed by atoms with E-state index in [1.54, 1.807) is 0 Å². The number of nitrogens with two attached hydrogens (primary N) is 2. The average Bonchev–Trinajstić information content (AvgIpc) is 2.75. The van der Waals surface area contributed by atoms with Gasteiger partial charge in [0.15, 0.2) is 0 Å². The first kappa shape index (κ1) is 20.9. The predicted molar refractivity (Wildman–Crippen MR) is 116 cm³/mol. The topological polar surface area (TPSA) is 159 Å². The number of carbonyl (C=O) groups is 2. The second-order valence-electron chi connectivity index (χ2n) is 8.08. The fourth-order valence-corrected chi connectivity index (χ4v) is 4.17. The van der Waals surface area contributed by atoms with Gasteiger partial charge in [0, 0.05) is 37.1 Å². The number of hydrogen-bond donors (Lipinski definition) is 5. The summed E-state index contributed by atoms with van der Waals surface area (Å²) < 4.78 is 0. The van der Waals surface area contributed by atoms with Gasteiger partial charge >= 0.3 is 6.09 Å². The molecule has 1 saturated carbocycles. The molecule has 2 heterocycles. The number of fused-ring (bicyclic) bond motifs is 1. The first-order valence-corrected chi connectivity index (χ1v) is 10.5. The number of hydrogen-bond acceptors (Lipinski definition) is 7. The molecular weight excluding hydrogens is 398 g/mol. The van der Waals surface area contributed by atoms with Crippen molar-refractivity contribution in [3.63, 3.8) is 0 Å². The van der Waals surface area contributed by atoms with Crippen molar-refractivity contribution >= 4 is 29.5 Å². The molecule has 0 radical (unpaired) electrons. The standard InChI is InChI=1S/C21H27N7O3/c22-16-3-1-2-4-17(16)26-20-24-10-15(18(23)29)19(27-20)25-14-6-5-12-7-8-28(21(30)31)11-13(12)9-14/h5-6,9-10,16-17H,1-4,7-8,11,22H2,(H2,23,29)(H,30,31)(H2,24,25,26,27)/t16-,17+/m0/s1. The molecule has 1 fully saturated rings. The molecule has 10 nitrogen and oxygen atoms in total. The van der Waals surface area contributed by atoms with E-state index in [4.69, 9.17) is 11.5 Å². The number of nitrogens with one attached hydrogen (secondary N) is 2. The minimum absolute atomic E-state index is 0.0300. The fraction of sp³-hybridized carbons (Fsp3) is 0.429. The van der Waals surface area contributed by atoms with Crippen LogP contribution in [0, 0.1) is 0 Å². The number of amides is 2. The van der Waals surface area contributed by atoms with E-state index >= 15 is 0 Å². The number of anilines is 3. The molecule has 2 atom stereocenters. The Balaban J connectivity index is 1.57. The molecule has 1 aliphatic heterocycles. The highest BCUT2D eigenvalue weighted by Crippen LogP contribution is 2.26. The van der Waals surface area contributed by atoms with Gasteiger partial charge in [-0.25, -0.2) is 9.78 Å². The Bertz CT molecular complexity index is 997. The van der Waals surface area contributed by atoms with Crippen molar-refractivity contribution in [2.45, 2.75) is 50.7 Å². The number of aromatic nitrogens is 2. The molecule has 0 saturated heterocycles. The normalized spacial score (nSPS) is 20.6. The van der Waals surface area contributed by atoms with Crippen LogP contribution in [-0.2, 0) is 13.0 Å². The number of nitrogens with zero attached hydrogens (tertiary/aromatic N) is 3. The van der Waals surface area contributed by atoms with Crippen molar-refractivity contribution in [3.8, 4) is 0 Å². The summed E-state index contributed by atoms with van der Waals surface area (Å²) in [5.41, 5.74) is 14.6. The van der Waals surface area contributed by atoms with Crippen molar-refractivity contribution in [1.82, 2.24) is 14.9 Å². The lowest BCUT2D eigenvalue weighted by atomic mass is 9.91. The molecule has 2 aromatic rings. The Morgan fingerprint density at radius 1 is 1.19 bits per heavy atom. The van der Waals surface area contributed by atoms with E-state index in [1.165, 1.54) is 11.1 Å². The van der Waals surface area contributed by atoms with E-state index in [0.717, 1.165) is 36.8 Å². The number of rotatable bonds is 5. The van der Waals surface area contributed by atoms with E-state index in [-0.39, 0.29) is 17.6 Å². The lowest BCUT2D eigenvalue weighted by Gasteiger charge is -2.29. The largest absolute Gasteiger partial charge is 0.465 e. The minimum Gasteiger partial charge on any atom is -0.465 e. The Kier molecular flexibility index (Phi) is 5.90. The summed E-state index contributed by atoms with van der Waals surface area (Å²) in [7, 11) is 0. The maximum absolute atomic E-state index is 11.9. The van der Waals surface area contributed by atoms with Crippen molar-refractivity contribution in [1.29, 1.82) is 0 Å². The van der Waals surface area contributed by atoms with E-state index in [2.05, 4.69) is 20.6 Å². The lowest BCUT2D eigenvalue weighted by Crippen LogP contribution is -2.43. The third kappa shape index (κ3) is 4.69. The van der Waals surface area contributed by atoms with Gasteiger partial charge in [0.1, 0.15) is 11.4 Å². The van der Waals surface area contributed by atoms with Crippen LogP contribution in [-0.4, -0.2) is 50.6 Å². The van der Waals surface area contributed by atoms with Crippen LogP contribution in [0.5, 0.6) is 0 Å². The molecule has 164 valence electrons. The molecule has 1 aromatic heterocycles. The zero-order chi connectivity index (χ0) is 22.0. The van der Waals surface area contributed by atoms with Gasteiger partial charge < -0.3 is 32.1 Å². The summed E-state index contributed by atoms with van der Waals surface area (Å²) in [6.07, 6.45) is 5.23. The van der Waals surface area contributed by atoms with Crippen molar-refractivity contribution < 1.29 is 14.7 Å². The SMILES string of the molecule is NC(=O)c1cnc(N[C@@H]2CCCC[C@@H]2N)nc1Nc1ccc2c(c1)CN(C(=O)O)CC2. The Labute approximate surface area is 180 Å².